The molecule has 1 N–H and O–H groups in total. The largest absolute Gasteiger partial charge is 0.317 e. The lowest BCUT2D eigenvalue weighted by Crippen LogP contribution is -2.28. The van der Waals surface area contributed by atoms with Crippen molar-refractivity contribution >= 4 is 11.3 Å². The summed E-state index contributed by atoms with van der Waals surface area (Å²) in [6.45, 7) is 4.58. The fraction of sp³-hybridized carbons (Fsp3) is 0.667. The molecule has 3 atom stereocenters. The van der Waals surface area contributed by atoms with Crippen molar-refractivity contribution in [3.05, 3.63) is 21.9 Å². The molecule has 1 saturated carbocycles. The minimum atomic E-state index is 0.724. The van der Waals surface area contributed by atoms with Crippen LogP contribution in [0.3, 0.4) is 0 Å². The van der Waals surface area contributed by atoms with Crippen molar-refractivity contribution in [2.45, 2.75) is 38.6 Å². The summed E-state index contributed by atoms with van der Waals surface area (Å²) in [5.74, 6) is 1.59. The standard InChI is InChI=1S/C12H19NS/c1-8-4-7-12(14-8)10-5-6-11(13-3)9(10)2/h4,7,9-11,13H,5-6H2,1-3H3. The molecule has 3 unspecified atom stereocenters. The SMILES string of the molecule is CNC1CCC(c2ccc(C)s2)C1C. The zero-order chi connectivity index (χ0) is 10.1. The molecule has 1 aromatic rings. The van der Waals surface area contributed by atoms with Gasteiger partial charge in [0.25, 0.3) is 0 Å². The smallest absolute Gasteiger partial charge is 0.00960 e. The predicted octanol–water partition coefficient (Wildman–Crippen LogP) is 3.16. The Morgan fingerprint density at radius 2 is 2.14 bits per heavy atom. The van der Waals surface area contributed by atoms with Gasteiger partial charge in [0, 0.05) is 15.8 Å². The third-order valence-corrected chi connectivity index (χ3v) is 4.69. The number of hydrogen-bond donors (Lipinski definition) is 1. The summed E-state index contributed by atoms with van der Waals surface area (Å²) in [4.78, 5) is 3.04. The van der Waals surface area contributed by atoms with Crippen molar-refractivity contribution in [1.82, 2.24) is 5.32 Å². The molecular formula is C12H19NS. The summed E-state index contributed by atoms with van der Waals surface area (Å²) in [7, 11) is 2.09. The van der Waals surface area contributed by atoms with Crippen LogP contribution in [0.15, 0.2) is 12.1 Å². The van der Waals surface area contributed by atoms with E-state index in [2.05, 4.69) is 38.3 Å². The van der Waals surface area contributed by atoms with E-state index in [-0.39, 0.29) is 0 Å². The molecule has 1 aromatic heterocycles. The Kier molecular flexibility index (Phi) is 2.93. The van der Waals surface area contributed by atoms with E-state index in [9.17, 15) is 0 Å². The molecule has 0 aromatic carbocycles. The Labute approximate surface area is 90.5 Å². The van der Waals surface area contributed by atoms with E-state index in [4.69, 9.17) is 0 Å². The number of hydrogen-bond acceptors (Lipinski definition) is 2. The van der Waals surface area contributed by atoms with Crippen molar-refractivity contribution in [2.75, 3.05) is 7.05 Å². The molecule has 0 aliphatic heterocycles. The van der Waals surface area contributed by atoms with Crippen molar-refractivity contribution in [2.24, 2.45) is 5.92 Å². The Balaban J connectivity index is 2.13. The number of nitrogens with one attached hydrogen (secondary N) is 1. The van der Waals surface area contributed by atoms with E-state index in [1.165, 1.54) is 17.7 Å². The quantitative estimate of drug-likeness (QED) is 0.789. The highest BCUT2D eigenvalue weighted by Crippen LogP contribution is 2.41. The summed E-state index contributed by atoms with van der Waals surface area (Å²) in [5.41, 5.74) is 0. The van der Waals surface area contributed by atoms with Crippen LogP contribution in [0.1, 0.15) is 35.4 Å². The maximum Gasteiger partial charge on any atom is 0.00960 e. The van der Waals surface area contributed by atoms with Gasteiger partial charge in [-0.05, 0) is 50.8 Å². The van der Waals surface area contributed by atoms with Crippen LogP contribution in [0, 0.1) is 12.8 Å². The second-order valence-corrected chi connectivity index (χ2v) is 5.71. The molecule has 1 nitrogen and oxygen atoms in total. The summed E-state index contributed by atoms with van der Waals surface area (Å²) in [5, 5.41) is 3.42. The highest BCUT2D eigenvalue weighted by Gasteiger charge is 2.33. The minimum Gasteiger partial charge on any atom is -0.317 e. The predicted molar refractivity (Wildman–Crippen MR) is 63.0 cm³/mol. The van der Waals surface area contributed by atoms with Gasteiger partial charge in [-0.25, -0.2) is 0 Å². The number of aryl methyl sites for hydroxylation is 1. The molecule has 1 aliphatic carbocycles. The normalized spacial score (nSPS) is 32.4. The number of thiophene rings is 1. The summed E-state index contributed by atoms with van der Waals surface area (Å²) < 4.78 is 0. The topological polar surface area (TPSA) is 12.0 Å². The maximum atomic E-state index is 3.42. The molecule has 1 heterocycles. The van der Waals surface area contributed by atoms with E-state index in [0.29, 0.717) is 0 Å². The Morgan fingerprint density at radius 3 is 2.64 bits per heavy atom. The van der Waals surface area contributed by atoms with Gasteiger partial charge in [-0.15, -0.1) is 11.3 Å². The molecule has 0 bridgehead atoms. The van der Waals surface area contributed by atoms with Crippen molar-refractivity contribution < 1.29 is 0 Å². The Bertz CT molecular complexity index is 305. The van der Waals surface area contributed by atoms with Crippen LogP contribution in [-0.4, -0.2) is 13.1 Å². The van der Waals surface area contributed by atoms with Crippen LogP contribution in [0.5, 0.6) is 0 Å². The molecule has 0 radical (unpaired) electrons. The molecule has 0 saturated heterocycles. The summed E-state index contributed by atoms with van der Waals surface area (Å²) in [6, 6.07) is 5.29. The van der Waals surface area contributed by atoms with Gasteiger partial charge in [0.1, 0.15) is 0 Å². The Morgan fingerprint density at radius 1 is 1.36 bits per heavy atom. The van der Waals surface area contributed by atoms with E-state index < -0.39 is 0 Å². The zero-order valence-electron chi connectivity index (χ0n) is 9.21. The summed E-state index contributed by atoms with van der Waals surface area (Å²) in [6.07, 6.45) is 2.69. The van der Waals surface area contributed by atoms with Crippen molar-refractivity contribution in [1.29, 1.82) is 0 Å². The van der Waals surface area contributed by atoms with Crippen LogP contribution < -0.4 is 5.32 Å². The molecule has 0 spiro atoms. The molecule has 2 rings (SSSR count). The van der Waals surface area contributed by atoms with E-state index in [0.717, 1.165) is 17.9 Å². The van der Waals surface area contributed by atoms with Gasteiger partial charge in [0.05, 0.1) is 0 Å². The first-order valence-corrected chi connectivity index (χ1v) is 6.27. The van der Waals surface area contributed by atoms with Crippen LogP contribution in [0.4, 0.5) is 0 Å². The maximum absolute atomic E-state index is 3.42. The van der Waals surface area contributed by atoms with Crippen molar-refractivity contribution in [3.63, 3.8) is 0 Å². The van der Waals surface area contributed by atoms with Crippen molar-refractivity contribution in [3.8, 4) is 0 Å². The lowest BCUT2D eigenvalue weighted by Gasteiger charge is -2.19. The van der Waals surface area contributed by atoms with E-state index >= 15 is 0 Å². The second-order valence-electron chi connectivity index (χ2n) is 4.39. The highest BCUT2D eigenvalue weighted by atomic mass is 32.1. The van der Waals surface area contributed by atoms with Gasteiger partial charge in [0.2, 0.25) is 0 Å². The van der Waals surface area contributed by atoms with Crippen LogP contribution >= 0.6 is 11.3 Å². The zero-order valence-corrected chi connectivity index (χ0v) is 10.0. The molecule has 0 amide bonds. The third-order valence-electron chi connectivity index (χ3n) is 3.56. The molecule has 14 heavy (non-hydrogen) atoms. The third kappa shape index (κ3) is 1.73. The lowest BCUT2D eigenvalue weighted by atomic mass is 9.94. The van der Waals surface area contributed by atoms with E-state index in [1.807, 2.05) is 11.3 Å². The minimum absolute atomic E-state index is 0.724. The second kappa shape index (κ2) is 4.03. The molecular weight excluding hydrogens is 190 g/mol. The fourth-order valence-corrected chi connectivity index (χ4v) is 3.75. The van der Waals surface area contributed by atoms with Gasteiger partial charge in [-0.1, -0.05) is 6.92 Å². The molecule has 1 fully saturated rings. The van der Waals surface area contributed by atoms with Crippen LogP contribution in [0.2, 0.25) is 0 Å². The van der Waals surface area contributed by atoms with Gasteiger partial charge in [0.15, 0.2) is 0 Å². The molecule has 2 heteroatoms. The molecule has 1 aliphatic rings. The van der Waals surface area contributed by atoms with Crippen LogP contribution in [0.25, 0.3) is 0 Å². The van der Waals surface area contributed by atoms with E-state index in [1.54, 1.807) is 4.88 Å². The van der Waals surface area contributed by atoms with Crippen LogP contribution in [-0.2, 0) is 0 Å². The average molecular weight is 209 g/mol. The monoisotopic (exact) mass is 209 g/mol. The van der Waals surface area contributed by atoms with Gasteiger partial charge in [-0.2, -0.15) is 0 Å². The fourth-order valence-electron chi connectivity index (χ4n) is 2.63. The molecule has 78 valence electrons. The highest BCUT2D eigenvalue weighted by molar-refractivity contribution is 7.12. The first kappa shape index (κ1) is 10.2. The first-order chi connectivity index (χ1) is 6.72. The Hall–Kier alpha value is -0.340. The summed E-state index contributed by atoms with van der Waals surface area (Å²) >= 11 is 1.97. The average Bonchev–Trinajstić information content (AvgIpc) is 2.72. The lowest BCUT2D eigenvalue weighted by molar-refractivity contribution is 0.431. The van der Waals surface area contributed by atoms with Gasteiger partial charge < -0.3 is 5.32 Å². The van der Waals surface area contributed by atoms with Gasteiger partial charge >= 0.3 is 0 Å². The van der Waals surface area contributed by atoms with Gasteiger partial charge in [-0.3, -0.25) is 0 Å². The first-order valence-electron chi connectivity index (χ1n) is 5.46. The number of rotatable bonds is 2.